The summed E-state index contributed by atoms with van der Waals surface area (Å²) >= 11 is 0. The number of halogens is 1. The molecule has 0 spiro atoms. The van der Waals surface area contributed by atoms with Crippen LogP contribution < -0.4 is 10.2 Å². The second-order valence-electron chi connectivity index (χ2n) is 6.47. The molecule has 0 atom stereocenters. The molecule has 0 radical (unpaired) electrons. The van der Waals surface area contributed by atoms with Crippen LogP contribution in [-0.4, -0.2) is 35.6 Å². The lowest BCUT2D eigenvalue weighted by Gasteiger charge is -2.17. The number of rotatable bonds is 4. The van der Waals surface area contributed by atoms with Gasteiger partial charge in [-0.2, -0.15) is 0 Å². The van der Waals surface area contributed by atoms with E-state index in [1.165, 1.54) is 11.0 Å². The zero-order valence-corrected chi connectivity index (χ0v) is 16.6. The molecule has 2 aromatic carbocycles. The first kappa shape index (κ1) is 20.2. The second-order valence-corrected chi connectivity index (χ2v) is 6.47. The maximum Gasteiger partial charge on any atom is 0.413 e. The number of hydrogen-bond acceptors (Lipinski definition) is 5. The van der Waals surface area contributed by atoms with Crippen LogP contribution in [0.4, 0.5) is 20.6 Å². The molecule has 29 heavy (non-hydrogen) atoms. The van der Waals surface area contributed by atoms with E-state index in [2.05, 4.69) is 15.3 Å². The molecule has 3 aromatic rings. The van der Waals surface area contributed by atoms with Crippen molar-refractivity contribution in [2.75, 3.05) is 23.9 Å². The highest BCUT2D eigenvalue weighted by atomic mass is 19.1. The van der Waals surface area contributed by atoms with Gasteiger partial charge in [0, 0.05) is 24.5 Å². The Morgan fingerprint density at radius 2 is 1.76 bits per heavy atom. The van der Waals surface area contributed by atoms with E-state index in [4.69, 9.17) is 4.74 Å². The third-order valence-corrected chi connectivity index (χ3v) is 4.44. The van der Waals surface area contributed by atoms with Gasteiger partial charge in [0.1, 0.15) is 11.3 Å². The monoisotopic (exact) mass is 396 g/mol. The SMILES string of the molecule is CCOC(=O)N(C)c1ccc(NC(=O)c2cc(F)cc3nc(C)c(C)nc23)cc1. The van der Waals surface area contributed by atoms with Crippen LogP contribution >= 0.6 is 0 Å². The van der Waals surface area contributed by atoms with Gasteiger partial charge in [-0.1, -0.05) is 0 Å². The van der Waals surface area contributed by atoms with Gasteiger partial charge in [0.25, 0.3) is 5.91 Å². The molecule has 0 fully saturated rings. The van der Waals surface area contributed by atoms with Crippen molar-refractivity contribution in [3.05, 3.63) is 59.2 Å². The lowest BCUT2D eigenvalue weighted by Crippen LogP contribution is -2.26. The van der Waals surface area contributed by atoms with Crippen LogP contribution in [0.25, 0.3) is 11.0 Å². The van der Waals surface area contributed by atoms with Gasteiger partial charge in [-0.25, -0.2) is 19.2 Å². The van der Waals surface area contributed by atoms with E-state index in [9.17, 15) is 14.0 Å². The van der Waals surface area contributed by atoms with Crippen molar-refractivity contribution in [1.29, 1.82) is 0 Å². The van der Waals surface area contributed by atoms with Crippen LogP contribution in [0.1, 0.15) is 28.7 Å². The Morgan fingerprint density at radius 1 is 1.10 bits per heavy atom. The number of nitrogens with one attached hydrogen (secondary N) is 1. The highest BCUT2D eigenvalue weighted by Crippen LogP contribution is 2.22. The quantitative estimate of drug-likeness (QED) is 0.713. The van der Waals surface area contributed by atoms with Gasteiger partial charge in [-0.05, 0) is 51.1 Å². The number of anilines is 2. The third-order valence-electron chi connectivity index (χ3n) is 4.44. The molecule has 0 aliphatic carbocycles. The van der Waals surface area contributed by atoms with Crippen LogP contribution in [0.2, 0.25) is 0 Å². The zero-order valence-electron chi connectivity index (χ0n) is 16.6. The van der Waals surface area contributed by atoms with Crippen LogP contribution in [0.15, 0.2) is 36.4 Å². The van der Waals surface area contributed by atoms with E-state index in [0.717, 1.165) is 6.07 Å². The molecule has 150 valence electrons. The summed E-state index contributed by atoms with van der Waals surface area (Å²) in [6.45, 7) is 5.57. The predicted octanol–water partition coefficient (Wildman–Crippen LogP) is 4.23. The van der Waals surface area contributed by atoms with E-state index in [1.54, 1.807) is 52.1 Å². The minimum Gasteiger partial charge on any atom is -0.449 e. The molecule has 1 aromatic heterocycles. The lowest BCUT2D eigenvalue weighted by atomic mass is 10.1. The maximum atomic E-state index is 14.0. The van der Waals surface area contributed by atoms with Gasteiger partial charge in [0.15, 0.2) is 0 Å². The first-order chi connectivity index (χ1) is 13.8. The van der Waals surface area contributed by atoms with Crippen LogP contribution in [0.3, 0.4) is 0 Å². The first-order valence-electron chi connectivity index (χ1n) is 9.06. The summed E-state index contributed by atoms with van der Waals surface area (Å²) in [7, 11) is 1.59. The maximum absolute atomic E-state index is 14.0. The fourth-order valence-corrected chi connectivity index (χ4v) is 2.76. The Kier molecular flexibility index (Phi) is 5.72. The van der Waals surface area contributed by atoms with Crippen molar-refractivity contribution in [3.63, 3.8) is 0 Å². The van der Waals surface area contributed by atoms with E-state index in [0.29, 0.717) is 33.8 Å². The van der Waals surface area contributed by atoms with Crippen molar-refractivity contribution < 1.29 is 18.7 Å². The third kappa shape index (κ3) is 4.31. The second kappa shape index (κ2) is 8.22. The number of aryl methyl sites for hydroxylation is 2. The summed E-state index contributed by atoms with van der Waals surface area (Å²) in [6, 6.07) is 9.03. The molecule has 1 heterocycles. The van der Waals surface area contributed by atoms with Gasteiger partial charge >= 0.3 is 6.09 Å². The summed E-state index contributed by atoms with van der Waals surface area (Å²) in [5.41, 5.74) is 3.21. The van der Waals surface area contributed by atoms with Crippen LogP contribution in [0.5, 0.6) is 0 Å². The van der Waals surface area contributed by atoms with Gasteiger partial charge in [0.2, 0.25) is 0 Å². The average molecular weight is 396 g/mol. The number of benzene rings is 2. The van der Waals surface area contributed by atoms with Crippen molar-refractivity contribution in [2.45, 2.75) is 20.8 Å². The van der Waals surface area contributed by atoms with Gasteiger partial charge in [0.05, 0.1) is 29.1 Å². The Bertz CT molecular complexity index is 1080. The normalized spacial score (nSPS) is 10.7. The van der Waals surface area contributed by atoms with Crippen LogP contribution in [-0.2, 0) is 4.74 Å². The number of hydrogen-bond donors (Lipinski definition) is 1. The molecular formula is C21H21FN4O3. The fraction of sp³-hybridized carbons (Fsp3) is 0.238. The standard InChI is InChI=1S/C21H21FN4O3/c1-5-29-21(28)26(4)16-8-6-15(7-9-16)25-20(27)17-10-14(22)11-18-19(17)24-13(3)12(2)23-18/h6-11H,5H2,1-4H3,(H,25,27). The van der Waals surface area contributed by atoms with E-state index in [1.807, 2.05) is 0 Å². The highest BCUT2D eigenvalue weighted by Gasteiger charge is 2.16. The lowest BCUT2D eigenvalue weighted by molar-refractivity contribution is 0.102. The first-order valence-corrected chi connectivity index (χ1v) is 9.06. The largest absolute Gasteiger partial charge is 0.449 e. The summed E-state index contributed by atoms with van der Waals surface area (Å²) in [4.78, 5) is 34.6. The Hall–Kier alpha value is -3.55. The predicted molar refractivity (Wildman–Crippen MR) is 109 cm³/mol. The molecule has 3 rings (SSSR count). The molecule has 0 bridgehead atoms. The van der Waals surface area contributed by atoms with Gasteiger partial charge < -0.3 is 10.1 Å². The number of fused-ring (bicyclic) bond motifs is 1. The summed E-state index contributed by atoms with van der Waals surface area (Å²) in [5, 5.41) is 2.72. The van der Waals surface area contributed by atoms with Gasteiger partial charge in [-0.15, -0.1) is 0 Å². The molecular weight excluding hydrogens is 375 g/mol. The minimum atomic E-state index is -0.563. The minimum absolute atomic E-state index is 0.100. The Balaban J connectivity index is 1.85. The highest BCUT2D eigenvalue weighted by molar-refractivity contribution is 6.11. The fourth-order valence-electron chi connectivity index (χ4n) is 2.76. The van der Waals surface area contributed by atoms with Gasteiger partial charge in [-0.3, -0.25) is 9.69 Å². The summed E-state index contributed by atoms with van der Waals surface area (Å²) in [5.74, 6) is -1.06. The molecule has 0 unspecified atom stereocenters. The molecule has 0 saturated carbocycles. The number of amides is 2. The van der Waals surface area contributed by atoms with Crippen molar-refractivity contribution in [3.8, 4) is 0 Å². The summed E-state index contributed by atoms with van der Waals surface area (Å²) in [6.07, 6.45) is -0.472. The number of nitrogens with zero attached hydrogens (tertiary/aromatic N) is 3. The van der Waals surface area contributed by atoms with Crippen molar-refractivity contribution in [2.24, 2.45) is 0 Å². The van der Waals surface area contributed by atoms with Crippen molar-refractivity contribution >= 4 is 34.4 Å². The summed E-state index contributed by atoms with van der Waals surface area (Å²) < 4.78 is 19.0. The molecule has 0 saturated heterocycles. The topological polar surface area (TPSA) is 84.4 Å². The molecule has 0 aliphatic heterocycles. The molecule has 1 N–H and O–H groups in total. The number of aromatic nitrogens is 2. The molecule has 7 nitrogen and oxygen atoms in total. The van der Waals surface area contributed by atoms with Crippen molar-refractivity contribution in [1.82, 2.24) is 9.97 Å². The smallest absolute Gasteiger partial charge is 0.413 e. The Labute approximate surface area is 167 Å². The Morgan fingerprint density at radius 3 is 2.41 bits per heavy atom. The molecule has 2 amide bonds. The van der Waals surface area contributed by atoms with Crippen LogP contribution in [0, 0.1) is 19.7 Å². The molecule has 0 aliphatic rings. The van der Waals surface area contributed by atoms with E-state index < -0.39 is 17.8 Å². The van der Waals surface area contributed by atoms with E-state index in [-0.39, 0.29) is 12.2 Å². The average Bonchev–Trinajstić information content (AvgIpc) is 2.69. The number of carbonyl (C=O) groups excluding carboxylic acids is 2. The number of carbonyl (C=O) groups is 2. The number of ether oxygens (including phenoxy) is 1. The zero-order chi connectivity index (χ0) is 21.1. The van der Waals surface area contributed by atoms with E-state index >= 15 is 0 Å². The molecule has 8 heteroatoms.